The van der Waals surface area contributed by atoms with Crippen LogP contribution in [0.1, 0.15) is 44.6 Å². The van der Waals surface area contributed by atoms with Gasteiger partial charge in [0, 0.05) is 7.11 Å². The van der Waals surface area contributed by atoms with E-state index in [1.54, 1.807) is 14.0 Å². The molecule has 0 bridgehead atoms. The summed E-state index contributed by atoms with van der Waals surface area (Å²) in [4.78, 5) is 37.5. The second-order valence-corrected chi connectivity index (χ2v) is 8.54. The molecule has 1 aliphatic carbocycles. The van der Waals surface area contributed by atoms with E-state index in [-0.39, 0.29) is 38.7 Å². The van der Waals surface area contributed by atoms with Gasteiger partial charge in [-0.15, -0.1) is 0 Å². The van der Waals surface area contributed by atoms with Crippen LogP contribution in [-0.4, -0.2) is 69.1 Å². The Hall–Kier alpha value is -2.49. The summed E-state index contributed by atoms with van der Waals surface area (Å²) in [7, 11) is 1.54. The second kappa shape index (κ2) is 14.7. The number of amides is 1. The molecule has 9 heteroatoms. The molecule has 0 radical (unpaired) electrons. The lowest BCUT2D eigenvalue weighted by atomic mass is 9.77. The number of carboxylic acid groups (broad SMARTS) is 1. The number of aliphatic carboxylic acids is 1. The topological polar surface area (TPSA) is 120 Å². The quantitative estimate of drug-likeness (QED) is 0.274. The van der Waals surface area contributed by atoms with E-state index in [2.05, 4.69) is 5.32 Å². The fourth-order valence-corrected chi connectivity index (χ4v) is 4.22. The van der Waals surface area contributed by atoms with Crippen molar-refractivity contribution in [3.05, 3.63) is 35.9 Å². The zero-order valence-electron chi connectivity index (χ0n) is 20.1. The molecule has 2 atom stereocenters. The van der Waals surface area contributed by atoms with Crippen LogP contribution in [0.15, 0.2) is 30.3 Å². The SMILES string of the molecule is CCOC(=O)[C@H](CNC(=O)C1(CC(COCCOC)C(=O)O)CCCC1)OCc1ccccc1. The van der Waals surface area contributed by atoms with Crippen LogP contribution in [0, 0.1) is 11.3 Å². The zero-order valence-corrected chi connectivity index (χ0v) is 20.1. The molecule has 0 aliphatic heterocycles. The number of ether oxygens (including phenoxy) is 4. The summed E-state index contributed by atoms with van der Waals surface area (Å²) in [5.74, 6) is -2.61. The summed E-state index contributed by atoms with van der Waals surface area (Å²) < 4.78 is 21.3. The maximum Gasteiger partial charge on any atom is 0.337 e. The Kier molecular flexibility index (Phi) is 12.0. The van der Waals surface area contributed by atoms with Crippen molar-refractivity contribution in [2.75, 3.05) is 40.1 Å². The standard InChI is InChI=1S/C25H37NO8/c1-3-33-23(29)21(34-17-19-9-5-4-6-10-19)16-26-24(30)25(11-7-8-12-25)15-20(22(27)28)18-32-14-13-31-2/h4-6,9-10,20-21H,3,7-8,11-18H2,1-2H3,(H,26,30)(H,27,28)/t20?,21-/m0/s1. The number of carboxylic acids is 1. The molecule has 0 heterocycles. The summed E-state index contributed by atoms with van der Waals surface area (Å²) in [6.45, 7) is 2.73. The number of carbonyl (C=O) groups excluding carboxylic acids is 2. The molecule has 2 N–H and O–H groups in total. The number of hydrogen-bond donors (Lipinski definition) is 2. The minimum Gasteiger partial charge on any atom is -0.481 e. The van der Waals surface area contributed by atoms with E-state index in [1.165, 1.54) is 0 Å². The highest BCUT2D eigenvalue weighted by atomic mass is 16.6. The van der Waals surface area contributed by atoms with Gasteiger partial charge in [-0.1, -0.05) is 43.2 Å². The molecule has 9 nitrogen and oxygen atoms in total. The highest BCUT2D eigenvalue weighted by molar-refractivity contribution is 5.85. The van der Waals surface area contributed by atoms with Gasteiger partial charge in [-0.3, -0.25) is 9.59 Å². The third kappa shape index (κ3) is 8.70. The second-order valence-electron chi connectivity index (χ2n) is 8.54. The molecule has 1 saturated carbocycles. The maximum atomic E-state index is 13.3. The Morgan fingerprint density at radius 3 is 2.44 bits per heavy atom. The van der Waals surface area contributed by atoms with Crippen LogP contribution in [0.25, 0.3) is 0 Å². The lowest BCUT2D eigenvalue weighted by Gasteiger charge is -2.31. The van der Waals surface area contributed by atoms with Gasteiger partial charge in [0.1, 0.15) is 0 Å². The molecule has 1 amide bonds. The highest BCUT2D eigenvalue weighted by Gasteiger charge is 2.44. The number of hydrogen-bond acceptors (Lipinski definition) is 7. The molecule has 190 valence electrons. The van der Waals surface area contributed by atoms with Gasteiger partial charge in [0.05, 0.1) is 50.9 Å². The Morgan fingerprint density at radius 2 is 1.82 bits per heavy atom. The predicted octanol–water partition coefficient (Wildman–Crippen LogP) is 2.57. The van der Waals surface area contributed by atoms with Crippen molar-refractivity contribution >= 4 is 17.8 Å². The molecule has 2 rings (SSSR count). The largest absolute Gasteiger partial charge is 0.481 e. The number of nitrogens with one attached hydrogen (secondary N) is 1. The molecule has 1 fully saturated rings. The third-order valence-electron chi connectivity index (χ3n) is 6.07. The van der Waals surface area contributed by atoms with Crippen LogP contribution in [-0.2, 0) is 39.9 Å². The Labute approximate surface area is 201 Å². The van der Waals surface area contributed by atoms with E-state index in [9.17, 15) is 19.5 Å². The summed E-state index contributed by atoms with van der Waals surface area (Å²) in [5.41, 5.74) is 0.0833. The maximum absolute atomic E-state index is 13.3. The minimum absolute atomic E-state index is 0.0133. The smallest absolute Gasteiger partial charge is 0.337 e. The predicted molar refractivity (Wildman–Crippen MR) is 124 cm³/mol. The molecule has 1 aliphatic rings. The number of esters is 1. The fraction of sp³-hybridized carbons (Fsp3) is 0.640. The average molecular weight is 480 g/mol. The lowest BCUT2D eigenvalue weighted by Crippen LogP contribution is -2.46. The number of benzene rings is 1. The summed E-state index contributed by atoms with van der Waals surface area (Å²) in [5, 5.41) is 12.5. The lowest BCUT2D eigenvalue weighted by molar-refractivity contribution is -0.157. The van der Waals surface area contributed by atoms with Crippen LogP contribution in [0.2, 0.25) is 0 Å². The first-order valence-corrected chi connectivity index (χ1v) is 11.8. The van der Waals surface area contributed by atoms with Gasteiger partial charge >= 0.3 is 11.9 Å². The van der Waals surface area contributed by atoms with Gasteiger partial charge in [-0.05, 0) is 31.7 Å². The van der Waals surface area contributed by atoms with E-state index < -0.39 is 29.4 Å². The average Bonchev–Trinajstić information content (AvgIpc) is 3.31. The first-order chi connectivity index (χ1) is 16.4. The fourth-order valence-electron chi connectivity index (χ4n) is 4.22. The summed E-state index contributed by atoms with van der Waals surface area (Å²) in [6, 6.07) is 9.41. The summed E-state index contributed by atoms with van der Waals surface area (Å²) in [6.07, 6.45) is 2.09. The number of carbonyl (C=O) groups is 3. The Morgan fingerprint density at radius 1 is 1.12 bits per heavy atom. The van der Waals surface area contributed by atoms with Crippen molar-refractivity contribution < 1.29 is 38.4 Å². The number of rotatable bonds is 16. The van der Waals surface area contributed by atoms with Gasteiger partial charge in [0.25, 0.3) is 0 Å². The van der Waals surface area contributed by atoms with Crippen molar-refractivity contribution in [1.82, 2.24) is 5.32 Å². The van der Waals surface area contributed by atoms with Crippen molar-refractivity contribution in [3.8, 4) is 0 Å². The van der Waals surface area contributed by atoms with Crippen molar-refractivity contribution in [2.45, 2.75) is 51.7 Å². The third-order valence-corrected chi connectivity index (χ3v) is 6.07. The van der Waals surface area contributed by atoms with Gasteiger partial charge in [-0.25, -0.2) is 4.79 Å². The molecule has 1 aromatic carbocycles. The van der Waals surface area contributed by atoms with E-state index in [0.717, 1.165) is 18.4 Å². The zero-order chi connectivity index (χ0) is 24.8. The van der Waals surface area contributed by atoms with Crippen molar-refractivity contribution in [3.63, 3.8) is 0 Å². The van der Waals surface area contributed by atoms with Gasteiger partial charge in [0.15, 0.2) is 6.10 Å². The molecule has 0 aromatic heterocycles. The first kappa shape index (κ1) is 27.8. The monoisotopic (exact) mass is 479 g/mol. The van der Waals surface area contributed by atoms with E-state index in [4.69, 9.17) is 18.9 Å². The van der Waals surface area contributed by atoms with Crippen LogP contribution in [0.3, 0.4) is 0 Å². The van der Waals surface area contributed by atoms with Crippen LogP contribution in [0.4, 0.5) is 0 Å². The van der Waals surface area contributed by atoms with Crippen LogP contribution in [0.5, 0.6) is 0 Å². The molecular formula is C25H37NO8. The van der Waals surface area contributed by atoms with Gasteiger partial charge < -0.3 is 29.4 Å². The molecular weight excluding hydrogens is 442 g/mol. The van der Waals surface area contributed by atoms with Crippen molar-refractivity contribution in [1.29, 1.82) is 0 Å². The summed E-state index contributed by atoms with van der Waals surface area (Å²) >= 11 is 0. The first-order valence-electron chi connectivity index (χ1n) is 11.8. The van der Waals surface area contributed by atoms with E-state index in [0.29, 0.717) is 26.1 Å². The van der Waals surface area contributed by atoms with Crippen molar-refractivity contribution in [2.24, 2.45) is 11.3 Å². The molecule has 1 unspecified atom stereocenters. The molecule has 34 heavy (non-hydrogen) atoms. The molecule has 0 spiro atoms. The van der Waals surface area contributed by atoms with E-state index >= 15 is 0 Å². The van der Waals surface area contributed by atoms with Crippen LogP contribution < -0.4 is 5.32 Å². The minimum atomic E-state index is -0.993. The number of methoxy groups -OCH3 is 1. The highest BCUT2D eigenvalue weighted by Crippen LogP contribution is 2.43. The van der Waals surface area contributed by atoms with Gasteiger partial charge in [0.2, 0.25) is 5.91 Å². The van der Waals surface area contributed by atoms with Crippen LogP contribution >= 0.6 is 0 Å². The van der Waals surface area contributed by atoms with Gasteiger partial charge in [-0.2, -0.15) is 0 Å². The molecule has 0 saturated heterocycles. The Balaban J connectivity index is 2.01. The Bertz CT molecular complexity index is 763. The van der Waals surface area contributed by atoms with E-state index in [1.807, 2.05) is 30.3 Å². The molecule has 1 aromatic rings. The normalized spacial score (nSPS) is 16.5.